The maximum absolute atomic E-state index is 12.7. The molecule has 0 saturated carbocycles. The Morgan fingerprint density at radius 1 is 1.12 bits per heavy atom. The zero-order valence-electron chi connectivity index (χ0n) is 9.81. The van der Waals surface area contributed by atoms with Crippen molar-refractivity contribution in [2.75, 3.05) is 0 Å². The Hall–Kier alpha value is -1.74. The van der Waals surface area contributed by atoms with Gasteiger partial charge in [0.1, 0.15) is 11.9 Å². The van der Waals surface area contributed by atoms with Gasteiger partial charge in [0.05, 0.1) is 11.9 Å². The third-order valence-corrected chi connectivity index (χ3v) is 2.88. The van der Waals surface area contributed by atoms with E-state index in [2.05, 4.69) is 4.98 Å². The Labute approximate surface area is 99.8 Å². The molecule has 0 spiro atoms. The summed E-state index contributed by atoms with van der Waals surface area (Å²) >= 11 is 0. The van der Waals surface area contributed by atoms with E-state index in [1.54, 1.807) is 0 Å². The second-order valence-corrected chi connectivity index (χ2v) is 4.15. The molecule has 2 nitrogen and oxygen atoms in total. The number of benzene rings is 1. The number of pyridine rings is 1. The van der Waals surface area contributed by atoms with E-state index in [4.69, 9.17) is 0 Å². The van der Waals surface area contributed by atoms with Crippen LogP contribution in [-0.4, -0.2) is 10.1 Å². The van der Waals surface area contributed by atoms with Crippen LogP contribution in [0.3, 0.4) is 0 Å². The number of hydrogen-bond acceptors (Lipinski definition) is 2. The van der Waals surface area contributed by atoms with E-state index in [1.165, 1.54) is 17.7 Å². The molecule has 88 valence electrons. The molecule has 0 bridgehead atoms. The monoisotopic (exact) mass is 231 g/mol. The SMILES string of the molecule is Cc1ccc(C(O)c2ccc(F)cn2)cc1C. The van der Waals surface area contributed by atoms with Crippen molar-refractivity contribution >= 4 is 0 Å². The molecule has 1 N–H and O–H groups in total. The van der Waals surface area contributed by atoms with Gasteiger partial charge in [-0.3, -0.25) is 4.98 Å². The van der Waals surface area contributed by atoms with Crippen LogP contribution in [0.4, 0.5) is 4.39 Å². The quantitative estimate of drug-likeness (QED) is 0.862. The van der Waals surface area contributed by atoms with Gasteiger partial charge >= 0.3 is 0 Å². The number of aliphatic hydroxyl groups excluding tert-OH is 1. The molecule has 2 rings (SSSR count). The maximum atomic E-state index is 12.7. The van der Waals surface area contributed by atoms with Gasteiger partial charge in [-0.05, 0) is 42.7 Å². The van der Waals surface area contributed by atoms with E-state index >= 15 is 0 Å². The van der Waals surface area contributed by atoms with Crippen LogP contribution in [0.5, 0.6) is 0 Å². The molecule has 1 unspecified atom stereocenters. The minimum atomic E-state index is -0.810. The van der Waals surface area contributed by atoms with Crippen molar-refractivity contribution in [1.29, 1.82) is 0 Å². The summed E-state index contributed by atoms with van der Waals surface area (Å²) in [4.78, 5) is 3.88. The predicted octanol–water partition coefficient (Wildman–Crippen LogP) is 2.92. The molecular weight excluding hydrogens is 217 g/mol. The summed E-state index contributed by atoms with van der Waals surface area (Å²) in [5.41, 5.74) is 3.51. The molecule has 0 aliphatic carbocycles. The van der Waals surface area contributed by atoms with Gasteiger partial charge in [0.15, 0.2) is 0 Å². The summed E-state index contributed by atoms with van der Waals surface area (Å²) in [5.74, 6) is -0.402. The van der Waals surface area contributed by atoms with Gasteiger partial charge in [-0.1, -0.05) is 18.2 Å². The lowest BCUT2D eigenvalue weighted by Gasteiger charge is -2.12. The molecule has 3 heteroatoms. The highest BCUT2D eigenvalue weighted by Crippen LogP contribution is 2.22. The number of aromatic nitrogens is 1. The van der Waals surface area contributed by atoms with Gasteiger partial charge in [-0.25, -0.2) is 4.39 Å². The Morgan fingerprint density at radius 2 is 1.88 bits per heavy atom. The zero-order chi connectivity index (χ0) is 12.4. The third-order valence-electron chi connectivity index (χ3n) is 2.88. The highest BCUT2D eigenvalue weighted by atomic mass is 19.1. The lowest BCUT2D eigenvalue weighted by Crippen LogP contribution is -2.03. The first-order chi connectivity index (χ1) is 8.08. The molecule has 0 aliphatic rings. The standard InChI is InChI=1S/C14H14FNO/c1-9-3-4-11(7-10(9)2)14(17)13-6-5-12(15)8-16-13/h3-8,14,17H,1-2H3. The van der Waals surface area contributed by atoms with Gasteiger partial charge in [-0.15, -0.1) is 0 Å². The van der Waals surface area contributed by atoms with E-state index < -0.39 is 11.9 Å². The summed E-state index contributed by atoms with van der Waals surface area (Å²) in [5, 5.41) is 10.1. The fourth-order valence-electron chi connectivity index (χ4n) is 1.65. The van der Waals surface area contributed by atoms with Crippen molar-refractivity contribution in [3.8, 4) is 0 Å². The van der Waals surface area contributed by atoms with Crippen molar-refractivity contribution in [2.24, 2.45) is 0 Å². The average Bonchev–Trinajstić information content (AvgIpc) is 2.33. The number of aliphatic hydroxyl groups is 1. The Kier molecular flexibility index (Phi) is 3.20. The molecule has 2 aromatic rings. The van der Waals surface area contributed by atoms with Gasteiger partial charge in [-0.2, -0.15) is 0 Å². The predicted molar refractivity (Wildman–Crippen MR) is 64.2 cm³/mol. The smallest absolute Gasteiger partial charge is 0.141 e. The summed E-state index contributed by atoms with van der Waals surface area (Å²) in [6, 6.07) is 8.53. The van der Waals surface area contributed by atoms with E-state index in [0.717, 1.165) is 17.3 Å². The first kappa shape index (κ1) is 11.7. The molecule has 0 saturated heterocycles. The first-order valence-corrected chi connectivity index (χ1v) is 5.44. The average molecular weight is 231 g/mol. The van der Waals surface area contributed by atoms with Gasteiger partial charge in [0.25, 0.3) is 0 Å². The molecule has 0 fully saturated rings. The largest absolute Gasteiger partial charge is 0.382 e. The highest BCUT2D eigenvalue weighted by Gasteiger charge is 2.12. The van der Waals surface area contributed by atoms with Gasteiger partial charge in [0, 0.05) is 0 Å². The van der Waals surface area contributed by atoms with E-state index in [-0.39, 0.29) is 0 Å². The van der Waals surface area contributed by atoms with Crippen LogP contribution >= 0.6 is 0 Å². The Balaban J connectivity index is 2.33. The molecular formula is C14H14FNO. The summed E-state index contributed by atoms with van der Waals surface area (Å²) in [7, 11) is 0. The van der Waals surface area contributed by atoms with Crippen molar-refractivity contribution in [3.63, 3.8) is 0 Å². The Morgan fingerprint density at radius 3 is 2.47 bits per heavy atom. The molecule has 0 radical (unpaired) electrons. The van der Waals surface area contributed by atoms with E-state index in [9.17, 15) is 9.50 Å². The fourth-order valence-corrected chi connectivity index (χ4v) is 1.65. The minimum absolute atomic E-state index is 0.402. The topological polar surface area (TPSA) is 33.1 Å². The summed E-state index contributed by atoms with van der Waals surface area (Å²) in [6.45, 7) is 4.01. The third kappa shape index (κ3) is 2.50. The summed E-state index contributed by atoms with van der Waals surface area (Å²) in [6.07, 6.45) is 0.300. The van der Waals surface area contributed by atoms with Crippen LogP contribution in [0.2, 0.25) is 0 Å². The van der Waals surface area contributed by atoms with Crippen molar-refractivity contribution < 1.29 is 9.50 Å². The van der Waals surface area contributed by atoms with Crippen LogP contribution in [0, 0.1) is 19.7 Å². The molecule has 0 amide bonds. The number of rotatable bonds is 2. The maximum Gasteiger partial charge on any atom is 0.141 e. The minimum Gasteiger partial charge on any atom is -0.382 e. The number of aryl methyl sites for hydroxylation is 2. The van der Waals surface area contributed by atoms with Crippen molar-refractivity contribution in [2.45, 2.75) is 20.0 Å². The molecule has 1 aromatic carbocycles. The highest BCUT2D eigenvalue weighted by molar-refractivity contribution is 5.34. The molecule has 17 heavy (non-hydrogen) atoms. The van der Waals surface area contributed by atoms with Crippen molar-refractivity contribution in [3.05, 3.63) is 64.7 Å². The lowest BCUT2D eigenvalue weighted by atomic mass is 10.0. The van der Waals surface area contributed by atoms with Gasteiger partial charge < -0.3 is 5.11 Å². The Bertz CT molecular complexity index is 522. The van der Waals surface area contributed by atoms with Crippen LogP contribution in [0.25, 0.3) is 0 Å². The first-order valence-electron chi connectivity index (χ1n) is 5.44. The van der Waals surface area contributed by atoms with Crippen LogP contribution < -0.4 is 0 Å². The number of nitrogens with zero attached hydrogens (tertiary/aromatic N) is 1. The normalized spacial score (nSPS) is 12.5. The molecule has 1 aromatic heterocycles. The van der Waals surface area contributed by atoms with Crippen LogP contribution in [0.1, 0.15) is 28.5 Å². The molecule has 0 aliphatic heterocycles. The molecule has 1 heterocycles. The zero-order valence-corrected chi connectivity index (χ0v) is 9.81. The van der Waals surface area contributed by atoms with E-state index in [0.29, 0.717) is 5.69 Å². The van der Waals surface area contributed by atoms with E-state index in [1.807, 2.05) is 32.0 Å². The van der Waals surface area contributed by atoms with Crippen LogP contribution in [0.15, 0.2) is 36.5 Å². The second-order valence-electron chi connectivity index (χ2n) is 4.15. The van der Waals surface area contributed by atoms with Crippen molar-refractivity contribution in [1.82, 2.24) is 4.98 Å². The second kappa shape index (κ2) is 4.63. The lowest BCUT2D eigenvalue weighted by molar-refractivity contribution is 0.215. The van der Waals surface area contributed by atoms with Crippen LogP contribution in [-0.2, 0) is 0 Å². The molecule has 1 atom stereocenters. The summed E-state index contributed by atoms with van der Waals surface area (Å²) < 4.78 is 12.7. The number of halogens is 1. The number of hydrogen-bond donors (Lipinski definition) is 1. The van der Waals surface area contributed by atoms with Gasteiger partial charge in [0.2, 0.25) is 0 Å². The fraction of sp³-hybridized carbons (Fsp3) is 0.214.